The van der Waals surface area contributed by atoms with Crippen LogP contribution in [0.15, 0.2) is 24.3 Å². The number of fused-ring (bicyclic) bond motifs is 1. The Labute approximate surface area is 102 Å². The van der Waals surface area contributed by atoms with Crippen LogP contribution in [0.1, 0.15) is 40.4 Å². The van der Waals surface area contributed by atoms with Crippen LogP contribution in [0.5, 0.6) is 0 Å². The first-order valence-electron chi connectivity index (χ1n) is 6.26. The summed E-state index contributed by atoms with van der Waals surface area (Å²) in [5.41, 5.74) is 6.96. The molecule has 0 N–H and O–H groups in total. The van der Waals surface area contributed by atoms with E-state index in [2.05, 4.69) is 43.2 Å². The SMILES string of the molecule is Cc1nn(C)c(C)c1C1CCc2ccccc21. The van der Waals surface area contributed by atoms with Gasteiger partial charge >= 0.3 is 0 Å². The third-order valence-corrected chi connectivity index (χ3v) is 4.05. The summed E-state index contributed by atoms with van der Waals surface area (Å²) >= 11 is 0. The molecule has 1 unspecified atom stereocenters. The summed E-state index contributed by atoms with van der Waals surface area (Å²) in [5, 5.41) is 4.54. The maximum atomic E-state index is 4.54. The average Bonchev–Trinajstić information content (AvgIpc) is 2.82. The van der Waals surface area contributed by atoms with E-state index in [1.807, 2.05) is 11.7 Å². The van der Waals surface area contributed by atoms with E-state index in [0.717, 1.165) is 0 Å². The number of benzene rings is 1. The largest absolute Gasteiger partial charge is 0.272 e. The lowest BCUT2D eigenvalue weighted by atomic mass is 9.91. The second-order valence-corrected chi connectivity index (χ2v) is 5.00. The van der Waals surface area contributed by atoms with Crippen LogP contribution in [-0.2, 0) is 13.5 Å². The lowest BCUT2D eigenvalue weighted by Gasteiger charge is -2.12. The fourth-order valence-electron chi connectivity index (χ4n) is 3.15. The van der Waals surface area contributed by atoms with E-state index in [0.29, 0.717) is 5.92 Å². The average molecular weight is 226 g/mol. The fraction of sp³-hybridized carbons (Fsp3) is 0.400. The highest BCUT2D eigenvalue weighted by molar-refractivity contribution is 5.44. The predicted molar refractivity (Wildman–Crippen MR) is 69.3 cm³/mol. The lowest BCUT2D eigenvalue weighted by Crippen LogP contribution is -2.00. The van der Waals surface area contributed by atoms with E-state index in [1.54, 1.807) is 0 Å². The van der Waals surface area contributed by atoms with Crippen molar-refractivity contribution in [1.29, 1.82) is 0 Å². The molecule has 1 heterocycles. The standard InChI is InChI=1S/C15H18N2/c1-10-15(11(2)17(3)16-10)14-9-8-12-6-4-5-7-13(12)14/h4-7,14H,8-9H2,1-3H3. The van der Waals surface area contributed by atoms with Crippen molar-refractivity contribution in [2.45, 2.75) is 32.6 Å². The number of nitrogens with zero attached hydrogens (tertiary/aromatic N) is 2. The summed E-state index contributed by atoms with van der Waals surface area (Å²) in [6, 6.07) is 8.83. The molecule has 0 bridgehead atoms. The van der Waals surface area contributed by atoms with Gasteiger partial charge in [0.15, 0.2) is 0 Å². The molecule has 3 rings (SSSR count). The first-order chi connectivity index (χ1) is 8.18. The fourth-order valence-corrected chi connectivity index (χ4v) is 3.15. The molecule has 0 fully saturated rings. The number of hydrogen-bond acceptors (Lipinski definition) is 1. The second-order valence-electron chi connectivity index (χ2n) is 5.00. The molecule has 0 radical (unpaired) electrons. The summed E-state index contributed by atoms with van der Waals surface area (Å²) in [6.07, 6.45) is 2.43. The van der Waals surface area contributed by atoms with E-state index >= 15 is 0 Å². The number of hydrogen-bond donors (Lipinski definition) is 0. The van der Waals surface area contributed by atoms with Crippen LogP contribution >= 0.6 is 0 Å². The first-order valence-corrected chi connectivity index (χ1v) is 6.26. The van der Waals surface area contributed by atoms with Crippen molar-refractivity contribution in [3.05, 3.63) is 52.3 Å². The quantitative estimate of drug-likeness (QED) is 0.730. The predicted octanol–water partition coefficient (Wildman–Crippen LogP) is 3.12. The second kappa shape index (κ2) is 3.73. The zero-order chi connectivity index (χ0) is 12.0. The monoisotopic (exact) mass is 226 g/mol. The molecule has 0 spiro atoms. The molecule has 1 aromatic carbocycles. The summed E-state index contributed by atoms with van der Waals surface area (Å²) < 4.78 is 2.01. The van der Waals surface area contributed by atoms with E-state index in [4.69, 9.17) is 0 Å². The van der Waals surface area contributed by atoms with Crippen LogP contribution in [0.25, 0.3) is 0 Å². The Morgan fingerprint density at radius 2 is 2.00 bits per heavy atom. The molecule has 2 nitrogen and oxygen atoms in total. The molecular weight excluding hydrogens is 208 g/mol. The maximum Gasteiger partial charge on any atom is 0.0634 e. The Balaban J connectivity index is 2.13. The number of aryl methyl sites for hydroxylation is 3. The number of aromatic nitrogens is 2. The smallest absolute Gasteiger partial charge is 0.0634 e. The van der Waals surface area contributed by atoms with Gasteiger partial charge < -0.3 is 0 Å². The Bertz CT molecular complexity index is 566. The molecule has 1 aromatic heterocycles. The molecule has 88 valence electrons. The summed E-state index contributed by atoms with van der Waals surface area (Å²) in [4.78, 5) is 0. The molecule has 0 amide bonds. The van der Waals surface area contributed by atoms with Gasteiger partial charge in [-0.2, -0.15) is 5.10 Å². The van der Waals surface area contributed by atoms with Crippen LogP contribution in [0.2, 0.25) is 0 Å². The molecule has 2 heteroatoms. The van der Waals surface area contributed by atoms with E-state index in [1.165, 1.54) is 40.9 Å². The van der Waals surface area contributed by atoms with Crippen molar-refractivity contribution in [2.75, 3.05) is 0 Å². The van der Waals surface area contributed by atoms with Crippen molar-refractivity contribution in [2.24, 2.45) is 7.05 Å². The molecule has 0 saturated heterocycles. The van der Waals surface area contributed by atoms with Gasteiger partial charge in [-0.3, -0.25) is 4.68 Å². The Kier molecular flexibility index (Phi) is 2.32. The van der Waals surface area contributed by atoms with Gasteiger partial charge in [-0.1, -0.05) is 24.3 Å². The summed E-state index contributed by atoms with van der Waals surface area (Å²) in [7, 11) is 2.03. The van der Waals surface area contributed by atoms with Crippen molar-refractivity contribution >= 4 is 0 Å². The lowest BCUT2D eigenvalue weighted by molar-refractivity contribution is 0.725. The van der Waals surface area contributed by atoms with Gasteiger partial charge in [0.2, 0.25) is 0 Å². The van der Waals surface area contributed by atoms with Crippen molar-refractivity contribution in [1.82, 2.24) is 9.78 Å². The maximum absolute atomic E-state index is 4.54. The van der Waals surface area contributed by atoms with Gasteiger partial charge in [0, 0.05) is 24.2 Å². The minimum Gasteiger partial charge on any atom is -0.272 e. The van der Waals surface area contributed by atoms with Gasteiger partial charge in [0.1, 0.15) is 0 Å². The summed E-state index contributed by atoms with van der Waals surface area (Å²) in [6.45, 7) is 4.31. The van der Waals surface area contributed by atoms with Gasteiger partial charge in [0.25, 0.3) is 0 Å². The van der Waals surface area contributed by atoms with Crippen molar-refractivity contribution in [3.63, 3.8) is 0 Å². The van der Waals surface area contributed by atoms with Crippen LogP contribution < -0.4 is 0 Å². The zero-order valence-corrected chi connectivity index (χ0v) is 10.7. The highest BCUT2D eigenvalue weighted by atomic mass is 15.3. The highest BCUT2D eigenvalue weighted by Gasteiger charge is 2.27. The molecule has 1 aliphatic carbocycles. The Hall–Kier alpha value is -1.57. The molecular formula is C15H18N2. The van der Waals surface area contributed by atoms with Crippen LogP contribution in [0.4, 0.5) is 0 Å². The van der Waals surface area contributed by atoms with Crippen molar-refractivity contribution in [3.8, 4) is 0 Å². The molecule has 1 atom stereocenters. The third-order valence-electron chi connectivity index (χ3n) is 4.05. The van der Waals surface area contributed by atoms with E-state index in [9.17, 15) is 0 Å². The van der Waals surface area contributed by atoms with Gasteiger partial charge in [0.05, 0.1) is 5.69 Å². The topological polar surface area (TPSA) is 17.8 Å². The zero-order valence-electron chi connectivity index (χ0n) is 10.7. The molecule has 2 aromatic rings. The normalized spacial score (nSPS) is 18.4. The Morgan fingerprint density at radius 3 is 2.71 bits per heavy atom. The highest BCUT2D eigenvalue weighted by Crippen LogP contribution is 2.40. The van der Waals surface area contributed by atoms with E-state index < -0.39 is 0 Å². The van der Waals surface area contributed by atoms with Crippen LogP contribution in [0.3, 0.4) is 0 Å². The Morgan fingerprint density at radius 1 is 1.24 bits per heavy atom. The molecule has 0 aliphatic heterocycles. The molecule has 0 saturated carbocycles. The molecule has 1 aliphatic rings. The number of rotatable bonds is 1. The molecule has 17 heavy (non-hydrogen) atoms. The third kappa shape index (κ3) is 1.51. The first kappa shape index (κ1) is 10.6. The van der Waals surface area contributed by atoms with Crippen LogP contribution in [0, 0.1) is 13.8 Å². The van der Waals surface area contributed by atoms with Crippen LogP contribution in [-0.4, -0.2) is 9.78 Å². The van der Waals surface area contributed by atoms with Crippen molar-refractivity contribution < 1.29 is 0 Å². The minimum absolute atomic E-state index is 0.555. The van der Waals surface area contributed by atoms with E-state index in [-0.39, 0.29) is 0 Å². The minimum atomic E-state index is 0.555. The van der Waals surface area contributed by atoms with Gasteiger partial charge in [-0.25, -0.2) is 0 Å². The summed E-state index contributed by atoms with van der Waals surface area (Å²) in [5.74, 6) is 0.555. The van der Waals surface area contributed by atoms with Gasteiger partial charge in [-0.05, 0) is 37.8 Å². The van der Waals surface area contributed by atoms with Gasteiger partial charge in [-0.15, -0.1) is 0 Å².